The van der Waals surface area contributed by atoms with Crippen molar-refractivity contribution in [3.05, 3.63) is 86.0 Å². The smallest absolute Gasteiger partial charge is 0.131 e. The van der Waals surface area contributed by atoms with E-state index in [0.717, 1.165) is 28.4 Å². The maximum atomic E-state index is 3.63. The number of anilines is 3. The van der Waals surface area contributed by atoms with Gasteiger partial charge in [-0.25, -0.2) is 0 Å². The third kappa shape index (κ3) is 2.84. The molecule has 0 bridgehead atoms. The SMILES string of the molecule is Ic1c(N(c2ccccc2)c2[nH]c3ccccc3c2I)[nH]c2ccccc12. The van der Waals surface area contributed by atoms with Crippen molar-refractivity contribution in [1.29, 1.82) is 0 Å². The first-order chi connectivity index (χ1) is 13.2. The summed E-state index contributed by atoms with van der Waals surface area (Å²) in [5.74, 6) is 2.15. The molecule has 0 aliphatic carbocycles. The zero-order valence-corrected chi connectivity index (χ0v) is 18.5. The predicted octanol–water partition coefficient (Wildman–Crippen LogP) is 7.33. The van der Waals surface area contributed by atoms with Crippen molar-refractivity contribution in [2.24, 2.45) is 0 Å². The van der Waals surface area contributed by atoms with E-state index in [9.17, 15) is 0 Å². The van der Waals surface area contributed by atoms with E-state index in [4.69, 9.17) is 0 Å². The van der Waals surface area contributed by atoms with Gasteiger partial charge < -0.3 is 9.97 Å². The van der Waals surface area contributed by atoms with Gasteiger partial charge in [0.05, 0.1) is 7.14 Å². The molecule has 3 aromatic carbocycles. The fraction of sp³-hybridized carbons (Fsp3) is 0. The third-order valence-corrected chi connectivity index (χ3v) is 6.89. The topological polar surface area (TPSA) is 34.8 Å². The quantitative estimate of drug-likeness (QED) is 0.217. The molecule has 0 saturated carbocycles. The number of halogens is 2. The molecule has 27 heavy (non-hydrogen) atoms. The minimum absolute atomic E-state index is 1.08. The van der Waals surface area contributed by atoms with Crippen LogP contribution in [0.15, 0.2) is 78.9 Å². The molecule has 0 atom stereocenters. The Morgan fingerprint density at radius 1 is 0.556 bits per heavy atom. The maximum Gasteiger partial charge on any atom is 0.131 e. The van der Waals surface area contributed by atoms with Crippen LogP contribution in [0.4, 0.5) is 17.3 Å². The molecule has 2 heterocycles. The van der Waals surface area contributed by atoms with Crippen LogP contribution in [-0.2, 0) is 0 Å². The number of nitrogens with zero attached hydrogens (tertiary/aromatic N) is 1. The Morgan fingerprint density at radius 3 is 1.48 bits per heavy atom. The highest BCUT2D eigenvalue weighted by Crippen LogP contribution is 2.42. The number of aromatic nitrogens is 2. The van der Waals surface area contributed by atoms with Crippen molar-refractivity contribution in [3.8, 4) is 0 Å². The van der Waals surface area contributed by atoms with Crippen LogP contribution < -0.4 is 4.90 Å². The van der Waals surface area contributed by atoms with Crippen molar-refractivity contribution in [2.45, 2.75) is 0 Å². The monoisotopic (exact) mass is 575 g/mol. The lowest BCUT2D eigenvalue weighted by Crippen LogP contribution is -2.13. The van der Waals surface area contributed by atoms with Crippen LogP contribution in [0.3, 0.4) is 0 Å². The van der Waals surface area contributed by atoms with Crippen LogP contribution in [0.2, 0.25) is 0 Å². The zero-order chi connectivity index (χ0) is 18.4. The van der Waals surface area contributed by atoms with Crippen LogP contribution in [0.5, 0.6) is 0 Å². The van der Waals surface area contributed by atoms with Gasteiger partial charge >= 0.3 is 0 Å². The molecule has 132 valence electrons. The van der Waals surface area contributed by atoms with Crippen LogP contribution >= 0.6 is 45.2 Å². The Kier molecular flexibility index (Phi) is 4.35. The van der Waals surface area contributed by atoms with Gasteiger partial charge in [-0.2, -0.15) is 0 Å². The van der Waals surface area contributed by atoms with Gasteiger partial charge in [0, 0.05) is 27.5 Å². The fourth-order valence-electron chi connectivity index (χ4n) is 3.44. The summed E-state index contributed by atoms with van der Waals surface area (Å²) in [7, 11) is 0. The standard InChI is InChI=1S/C22H15I2N3/c23-19-15-10-4-6-12-17(15)25-21(19)27(14-8-2-1-3-9-14)22-20(24)16-11-5-7-13-18(16)26-22/h1-13,25-26H. The number of benzene rings is 3. The summed E-state index contributed by atoms with van der Waals surface area (Å²) >= 11 is 4.89. The molecule has 0 radical (unpaired) electrons. The fourth-order valence-corrected chi connectivity index (χ4v) is 5.14. The molecule has 0 fully saturated rings. The van der Waals surface area contributed by atoms with Crippen LogP contribution in [-0.4, -0.2) is 9.97 Å². The lowest BCUT2D eigenvalue weighted by Gasteiger charge is -2.23. The Morgan fingerprint density at radius 2 is 1.00 bits per heavy atom. The highest BCUT2D eigenvalue weighted by molar-refractivity contribution is 14.1. The van der Waals surface area contributed by atoms with E-state index in [1.165, 1.54) is 17.9 Å². The first-order valence-electron chi connectivity index (χ1n) is 8.61. The molecule has 0 aliphatic rings. The first-order valence-corrected chi connectivity index (χ1v) is 10.8. The van der Waals surface area contributed by atoms with E-state index >= 15 is 0 Å². The largest absolute Gasteiger partial charge is 0.340 e. The van der Waals surface area contributed by atoms with Gasteiger partial charge in [-0.05, 0) is 69.4 Å². The second-order valence-electron chi connectivity index (χ2n) is 6.34. The van der Waals surface area contributed by atoms with E-state index in [-0.39, 0.29) is 0 Å². The second kappa shape index (κ2) is 6.87. The van der Waals surface area contributed by atoms with Crippen molar-refractivity contribution in [3.63, 3.8) is 0 Å². The second-order valence-corrected chi connectivity index (χ2v) is 8.49. The van der Waals surface area contributed by atoms with Crippen molar-refractivity contribution in [2.75, 3.05) is 4.90 Å². The molecule has 2 N–H and O–H groups in total. The molecule has 5 heteroatoms. The van der Waals surface area contributed by atoms with Crippen LogP contribution in [0.25, 0.3) is 21.8 Å². The summed E-state index contributed by atoms with van der Waals surface area (Å²) < 4.78 is 2.42. The number of hydrogen-bond acceptors (Lipinski definition) is 1. The molecule has 0 aliphatic heterocycles. The Bertz CT molecular complexity index is 1170. The van der Waals surface area contributed by atoms with E-state index in [2.05, 4.69) is 133 Å². The van der Waals surface area contributed by atoms with Gasteiger partial charge in [-0.3, -0.25) is 4.90 Å². The average Bonchev–Trinajstić information content (AvgIpc) is 3.22. The van der Waals surface area contributed by atoms with Crippen molar-refractivity contribution >= 4 is 84.3 Å². The molecular formula is C22H15I2N3. The van der Waals surface area contributed by atoms with Gasteiger partial charge in [-0.1, -0.05) is 54.6 Å². The minimum atomic E-state index is 1.08. The summed E-state index contributed by atoms with van der Waals surface area (Å²) in [5.41, 5.74) is 3.40. The Hall–Kier alpha value is -2.00. The van der Waals surface area contributed by atoms with Gasteiger partial charge in [-0.15, -0.1) is 0 Å². The molecule has 0 saturated heterocycles. The lowest BCUT2D eigenvalue weighted by molar-refractivity contribution is 1.17. The Labute approximate surface area is 184 Å². The molecule has 3 nitrogen and oxygen atoms in total. The minimum Gasteiger partial charge on any atom is -0.340 e. The molecule has 0 amide bonds. The highest BCUT2D eigenvalue weighted by atomic mass is 127. The number of hydrogen-bond donors (Lipinski definition) is 2. The van der Waals surface area contributed by atoms with Gasteiger partial charge in [0.2, 0.25) is 0 Å². The highest BCUT2D eigenvalue weighted by Gasteiger charge is 2.23. The summed E-state index contributed by atoms with van der Waals surface area (Å²) in [6.07, 6.45) is 0. The van der Waals surface area contributed by atoms with Crippen LogP contribution in [0, 0.1) is 7.14 Å². The molecule has 5 aromatic rings. The molecular weight excluding hydrogens is 560 g/mol. The van der Waals surface area contributed by atoms with E-state index in [0.29, 0.717) is 0 Å². The van der Waals surface area contributed by atoms with E-state index < -0.39 is 0 Å². The van der Waals surface area contributed by atoms with Gasteiger partial charge in [0.25, 0.3) is 0 Å². The summed E-state index contributed by atoms with van der Waals surface area (Å²) in [4.78, 5) is 9.54. The molecule has 0 spiro atoms. The maximum absolute atomic E-state index is 3.63. The number of para-hydroxylation sites is 3. The number of aromatic amines is 2. The van der Waals surface area contributed by atoms with E-state index in [1.807, 2.05) is 6.07 Å². The lowest BCUT2D eigenvalue weighted by atomic mass is 10.2. The van der Waals surface area contributed by atoms with Crippen LogP contribution in [0.1, 0.15) is 0 Å². The number of H-pyrrole nitrogens is 2. The van der Waals surface area contributed by atoms with Gasteiger partial charge in [0.1, 0.15) is 11.6 Å². The molecule has 0 unspecified atom stereocenters. The van der Waals surface area contributed by atoms with Gasteiger partial charge in [0.15, 0.2) is 0 Å². The third-order valence-electron chi connectivity index (χ3n) is 4.71. The first kappa shape index (κ1) is 17.1. The molecule has 2 aromatic heterocycles. The van der Waals surface area contributed by atoms with Crippen molar-refractivity contribution in [1.82, 2.24) is 9.97 Å². The normalized spacial score (nSPS) is 11.3. The predicted molar refractivity (Wildman–Crippen MR) is 130 cm³/mol. The Balaban J connectivity index is 1.81. The summed E-state index contributed by atoms with van der Waals surface area (Å²) in [6.45, 7) is 0. The summed E-state index contributed by atoms with van der Waals surface area (Å²) in [6, 6.07) is 27.4. The number of nitrogens with one attached hydrogen (secondary N) is 2. The van der Waals surface area contributed by atoms with E-state index in [1.54, 1.807) is 0 Å². The van der Waals surface area contributed by atoms with Crippen molar-refractivity contribution < 1.29 is 0 Å². The zero-order valence-electron chi connectivity index (χ0n) is 14.2. The number of fused-ring (bicyclic) bond motifs is 2. The molecule has 5 rings (SSSR count). The number of rotatable bonds is 3. The average molecular weight is 575 g/mol. The summed E-state index contributed by atoms with van der Waals surface area (Å²) in [5, 5.41) is 2.47.